The highest BCUT2D eigenvalue weighted by Gasteiger charge is 2.26. The predicted octanol–water partition coefficient (Wildman–Crippen LogP) is 2.05. The van der Waals surface area contributed by atoms with Crippen molar-refractivity contribution < 1.29 is 0 Å². The molecule has 1 aliphatic carbocycles. The number of thioether (sulfide) groups is 1. The van der Waals surface area contributed by atoms with E-state index in [2.05, 4.69) is 40.8 Å². The molecule has 3 nitrogen and oxygen atoms in total. The predicted molar refractivity (Wildman–Crippen MR) is 76.7 cm³/mol. The van der Waals surface area contributed by atoms with Gasteiger partial charge in [0.2, 0.25) is 0 Å². The Morgan fingerprint density at radius 1 is 1.47 bits per heavy atom. The molecule has 1 saturated carbocycles. The number of nitrogens with one attached hydrogen (secondary N) is 1. The quantitative estimate of drug-likeness (QED) is 0.618. The van der Waals surface area contributed by atoms with E-state index in [0.29, 0.717) is 0 Å². The monoisotopic (exact) mass is 255 g/mol. The van der Waals surface area contributed by atoms with Gasteiger partial charge in [-0.3, -0.25) is 4.99 Å². The maximum absolute atomic E-state index is 4.43. The summed E-state index contributed by atoms with van der Waals surface area (Å²) in [4.78, 5) is 6.86. The summed E-state index contributed by atoms with van der Waals surface area (Å²) < 4.78 is 0. The van der Waals surface area contributed by atoms with Gasteiger partial charge in [0.15, 0.2) is 5.96 Å². The molecular formula is C13H25N3S. The number of hydrogen-bond donors (Lipinski definition) is 1. The smallest absolute Gasteiger partial charge is 0.193 e. The largest absolute Gasteiger partial charge is 0.356 e. The first kappa shape index (κ1) is 13.1. The summed E-state index contributed by atoms with van der Waals surface area (Å²) in [5.74, 6) is 4.01. The van der Waals surface area contributed by atoms with E-state index in [0.717, 1.165) is 42.7 Å². The van der Waals surface area contributed by atoms with Gasteiger partial charge < -0.3 is 10.2 Å². The highest BCUT2D eigenvalue weighted by atomic mass is 32.2. The average molecular weight is 255 g/mol. The third-order valence-electron chi connectivity index (χ3n) is 3.59. The van der Waals surface area contributed by atoms with Crippen LogP contribution >= 0.6 is 11.8 Å². The molecule has 1 saturated heterocycles. The second kappa shape index (κ2) is 5.98. The molecule has 2 rings (SSSR count). The van der Waals surface area contributed by atoms with Crippen molar-refractivity contribution >= 4 is 17.7 Å². The zero-order valence-corrected chi connectivity index (χ0v) is 12.1. The normalized spacial score (nSPS) is 26.5. The third kappa shape index (κ3) is 3.80. The molecule has 1 N–H and O–H groups in total. The van der Waals surface area contributed by atoms with Crippen molar-refractivity contribution in [1.82, 2.24) is 10.2 Å². The molecule has 1 atom stereocenters. The van der Waals surface area contributed by atoms with Gasteiger partial charge in [0, 0.05) is 37.7 Å². The van der Waals surface area contributed by atoms with Crippen molar-refractivity contribution in [2.75, 3.05) is 32.4 Å². The molecule has 98 valence electrons. The van der Waals surface area contributed by atoms with Crippen LogP contribution in [-0.2, 0) is 0 Å². The molecule has 0 bridgehead atoms. The molecule has 4 heteroatoms. The highest BCUT2D eigenvalue weighted by molar-refractivity contribution is 8.00. The van der Waals surface area contributed by atoms with Gasteiger partial charge in [-0.25, -0.2) is 0 Å². The van der Waals surface area contributed by atoms with Crippen molar-refractivity contribution in [1.29, 1.82) is 0 Å². The summed E-state index contributed by atoms with van der Waals surface area (Å²) in [6, 6.07) is 0. The number of nitrogens with zero attached hydrogens (tertiary/aromatic N) is 2. The summed E-state index contributed by atoms with van der Waals surface area (Å²) in [5.41, 5.74) is 0. The first-order chi connectivity index (χ1) is 8.20. The van der Waals surface area contributed by atoms with E-state index < -0.39 is 0 Å². The average Bonchev–Trinajstić information content (AvgIpc) is 3.14. The van der Waals surface area contributed by atoms with Crippen LogP contribution in [0.15, 0.2) is 4.99 Å². The van der Waals surface area contributed by atoms with Gasteiger partial charge in [0.25, 0.3) is 0 Å². The van der Waals surface area contributed by atoms with Crippen LogP contribution in [0.3, 0.4) is 0 Å². The van der Waals surface area contributed by atoms with E-state index in [4.69, 9.17) is 0 Å². The fourth-order valence-electron chi connectivity index (χ4n) is 2.16. The lowest BCUT2D eigenvalue weighted by Crippen LogP contribution is -2.49. The summed E-state index contributed by atoms with van der Waals surface area (Å²) in [6.45, 7) is 8.04. The second-order valence-corrected chi connectivity index (χ2v) is 6.82. The van der Waals surface area contributed by atoms with Gasteiger partial charge in [-0.1, -0.05) is 13.8 Å². The Morgan fingerprint density at radius 3 is 2.82 bits per heavy atom. The fourth-order valence-corrected chi connectivity index (χ4v) is 3.46. The van der Waals surface area contributed by atoms with Gasteiger partial charge in [0.1, 0.15) is 0 Å². The van der Waals surface area contributed by atoms with Crippen molar-refractivity contribution in [2.24, 2.45) is 16.8 Å². The Morgan fingerprint density at radius 2 is 2.24 bits per heavy atom. The summed E-state index contributed by atoms with van der Waals surface area (Å²) in [7, 11) is 1.90. The summed E-state index contributed by atoms with van der Waals surface area (Å²) in [6.07, 6.45) is 2.79. The van der Waals surface area contributed by atoms with Crippen molar-refractivity contribution in [2.45, 2.75) is 31.9 Å². The molecule has 17 heavy (non-hydrogen) atoms. The molecule has 0 amide bonds. The van der Waals surface area contributed by atoms with E-state index in [-0.39, 0.29) is 0 Å². The molecule has 0 radical (unpaired) electrons. The van der Waals surface area contributed by atoms with Crippen LogP contribution in [0, 0.1) is 11.8 Å². The lowest BCUT2D eigenvalue weighted by Gasteiger charge is -2.36. The molecule has 0 aromatic rings. The fraction of sp³-hybridized carbons (Fsp3) is 0.923. The van der Waals surface area contributed by atoms with E-state index in [1.54, 1.807) is 0 Å². The van der Waals surface area contributed by atoms with Crippen LogP contribution in [0.5, 0.6) is 0 Å². The van der Waals surface area contributed by atoms with E-state index in [9.17, 15) is 0 Å². The van der Waals surface area contributed by atoms with E-state index in [1.807, 2.05) is 7.05 Å². The van der Waals surface area contributed by atoms with Crippen LogP contribution in [0.4, 0.5) is 0 Å². The van der Waals surface area contributed by atoms with Crippen molar-refractivity contribution in [3.63, 3.8) is 0 Å². The number of aliphatic imine (C=N–C) groups is 1. The molecule has 0 aromatic carbocycles. The molecule has 2 fully saturated rings. The van der Waals surface area contributed by atoms with Crippen LogP contribution < -0.4 is 5.32 Å². The molecular weight excluding hydrogens is 230 g/mol. The van der Waals surface area contributed by atoms with Crippen molar-refractivity contribution in [3.05, 3.63) is 0 Å². The molecule has 0 spiro atoms. The summed E-state index contributed by atoms with van der Waals surface area (Å²) in [5, 5.41) is 4.28. The minimum atomic E-state index is 0.753. The number of hydrogen-bond acceptors (Lipinski definition) is 2. The lowest BCUT2D eigenvalue weighted by molar-refractivity contribution is 0.380. The standard InChI is InChI=1S/C13H25N3S/c1-10(2)12-9-16(6-7-17-12)13(14-3)15-8-11-4-5-11/h10-12H,4-9H2,1-3H3,(H,14,15). The molecule has 1 unspecified atom stereocenters. The first-order valence-electron chi connectivity index (χ1n) is 6.78. The van der Waals surface area contributed by atoms with Crippen molar-refractivity contribution in [3.8, 4) is 0 Å². The van der Waals surface area contributed by atoms with Gasteiger partial charge in [-0.2, -0.15) is 11.8 Å². The van der Waals surface area contributed by atoms with E-state index >= 15 is 0 Å². The molecule has 0 aromatic heterocycles. The number of guanidine groups is 1. The van der Waals surface area contributed by atoms with E-state index in [1.165, 1.54) is 18.6 Å². The van der Waals surface area contributed by atoms with Gasteiger partial charge in [-0.05, 0) is 24.7 Å². The first-order valence-corrected chi connectivity index (χ1v) is 7.82. The van der Waals surface area contributed by atoms with Gasteiger partial charge in [0.05, 0.1) is 0 Å². The van der Waals surface area contributed by atoms with Gasteiger partial charge in [-0.15, -0.1) is 0 Å². The Kier molecular flexibility index (Phi) is 4.60. The van der Waals surface area contributed by atoms with Crippen LogP contribution in [0.1, 0.15) is 26.7 Å². The Hall–Kier alpha value is -0.380. The Labute approximate surface area is 109 Å². The third-order valence-corrected chi connectivity index (χ3v) is 5.13. The maximum atomic E-state index is 4.43. The highest BCUT2D eigenvalue weighted by Crippen LogP contribution is 2.28. The minimum absolute atomic E-state index is 0.753. The minimum Gasteiger partial charge on any atom is -0.356 e. The molecule has 1 heterocycles. The van der Waals surface area contributed by atoms with Crippen LogP contribution in [-0.4, -0.2) is 48.5 Å². The zero-order chi connectivity index (χ0) is 12.3. The zero-order valence-electron chi connectivity index (χ0n) is 11.3. The number of rotatable bonds is 3. The maximum Gasteiger partial charge on any atom is 0.193 e. The summed E-state index contributed by atoms with van der Waals surface area (Å²) >= 11 is 2.12. The molecule has 1 aliphatic heterocycles. The van der Waals surface area contributed by atoms with Crippen LogP contribution in [0.2, 0.25) is 0 Å². The lowest BCUT2D eigenvalue weighted by atomic mass is 10.1. The molecule has 2 aliphatic rings. The van der Waals surface area contributed by atoms with Gasteiger partial charge >= 0.3 is 0 Å². The SMILES string of the molecule is CN=C(NCC1CC1)N1CCSC(C(C)C)C1. The Bertz CT molecular complexity index is 274. The topological polar surface area (TPSA) is 27.6 Å². The Balaban J connectivity index is 1.84. The second-order valence-electron chi connectivity index (χ2n) is 5.47. The van der Waals surface area contributed by atoms with Crippen LogP contribution in [0.25, 0.3) is 0 Å².